The zero-order valence-electron chi connectivity index (χ0n) is 16.1. The summed E-state index contributed by atoms with van der Waals surface area (Å²) in [6.45, 7) is 19.3. The van der Waals surface area contributed by atoms with Crippen LogP contribution in [0.25, 0.3) is 0 Å². The molecule has 22 heavy (non-hydrogen) atoms. The summed E-state index contributed by atoms with van der Waals surface area (Å²) in [6.07, 6.45) is 0. The summed E-state index contributed by atoms with van der Waals surface area (Å²) >= 11 is 0. The van der Waals surface area contributed by atoms with Gasteiger partial charge in [-0.25, -0.2) is 0 Å². The summed E-state index contributed by atoms with van der Waals surface area (Å²) in [5, 5.41) is 0. The summed E-state index contributed by atoms with van der Waals surface area (Å²) in [7, 11) is 1.88. The fourth-order valence-corrected chi connectivity index (χ4v) is 2.12. The molecule has 0 aliphatic carbocycles. The van der Waals surface area contributed by atoms with E-state index in [9.17, 15) is 4.79 Å². The average molecular weight is 303 g/mol. The Balaban J connectivity index is 3.46. The second-order valence-corrected chi connectivity index (χ2v) is 9.33. The minimum absolute atomic E-state index is 0.0244. The van der Waals surface area contributed by atoms with E-state index in [0.717, 1.165) is 5.56 Å². The first-order chi connectivity index (χ1) is 9.64. The monoisotopic (exact) mass is 303 g/mol. The van der Waals surface area contributed by atoms with Gasteiger partial charge in [-0.2, -0.15) is 0 Å². The maximum atomic E-state index is 12.9. The Morgan fingerprint density at radius 3 is 1.41 bits per heavy atom. The standard InChI is InChI=1S/C20H33NO/c1-18(2,3)15-11-14(12-16(13-15)19(4,5)6)17(22)21(10)20(7,8)9/h11-13H,1-10H3. The summed E-state index contributed by atoms with van der Waals surface area (Å²) in [6, 6.07) is 6.35. The first kappa shape index (κ1) is 18.7. The highest BCUT2D eigenvalue weighted by atomic mass is 16.2. The highest BCUT2D eigenvalue weighted by Crippen LogP contribution is 2.31. The highest BCUT2D eigenvalue weighted by Gasteiger charge is 2.27. The van der Waals surface area contributed by atoms with Crippen LogP contribution in [0.1, 0.15) is 83.8 Å². The average Bonchev–Trinajstić information content (AvgIpc) is 2.33. The van der Waals surface area contributed by atoms with Gasteiger partial charge in [0, 0.05) is 18.2 Å². The number of carbonyl (C=O) groups is 1. The number of hydrogen-bond donors (Lipinski definition) is 0. The minimum Gasteiger partial charge on any atom is -0.337 e. The van der Waals surface area contributed by atoms with Gasteiger partial charge < -0.3 is 4.90 Å². The third-order valence-electron chi connectivity index (χ3n) is 4.22. The lowest BCUT2D eigenvalue weighted by atomic mass is 9.79. The second kappa shape index (κ2) is 5.72. The molecule has 0 bridgehead atoms. The van der Waals surface area contributed by atoms with Gasteiger partial charge in [0.25, 0.3) is 5.91 Å². The Morgan fingerprint density at radius 2 is 1.14 bits per heavy atom. The largest absolute Gasteiger partial charge is 0.337 e. The predicted molar refractivity (Wildman–Crippen MR) is 95.7 cm³/mol. The fourth-order valence-electron chi connectivity index (χ4n) is 2.12. The van der Waals surface area contributed by atoms with Crippen molar-refractivity contribution in [3.05, 3.63) is 34.9 Å². The molecule has 1 amide bonds. The topological polar surface area (TPSA) is 20.3 Å². The molecule has 2 heteroatoms. The van der Waals surface area contributed by atoms with Crippen molar-refractivity contribution in [2.45, 2.75) is 78.7 Å². The van der Waals surface area contributed by atoms with Gasteiger partial charge in [-0.05, 0) is 54.9 Å². The van der Waals surface area contributed by atoms with Crippen LogP contribution >= 0.6 is 0 Å². The molecule has 0 heterocycles. The predicted octanol–water partition coefficient (Wildman–Crippen LogP) is 5.15. The van der Waals surface area contributed by atoms with Gasteiger partial charge in [-0.3, -0.25) is 4.79 Å². The third kappa shape index (κ3) is 4.34. The first-order valence-corrected chi connectivity index (χ1v) is 8.08. The van der Waals surface area contributed by atoms with Crippen molar-refractivity contribution in [1.29, 1.82) is 0 Å². The fraction of sp³-hybridized carbons (Fsp3) is 0.650. The highest BCUT2D eigenvalue weighted by molar-refractivity contribution is 5.95. The summed E-state index contributed by atoms with van der Waals surface area (Å²) < 4.78 is 0. The van der Waals surface area contributed by atoms with Crippen LogP contribution in [-0.4, -0.2) is 23.4 Å². The van der Waals surface area contributed by atoms with Gasteiger partial charge in [0.2, 0.25) is 0 Å². The number of hydrogen-bond acceptors (Lipinski definition) is 1. The molecule has 0 spiro atoms. The van der Waals surface area contributed by atoms with E-state index in [0.29, 0.717) is 0 Å². The van der Waals surface area contributed by atoms with E-state index in [-0.39, 0.29) is 22.3 Å². The van der Waals surface area contributed by atoms with Crippen LogP contribution in [0.4, 0.5) is 0 Å². The van der Waals surface area contributed by atoms with E-state index >= 15 is 0 Å². The molecule has 0 aromatic heterocycles. The van der Waals surface area contributed by atoms with E-state index in [2.05, 4.69) is 80.5 Å². The molecule has 0 fully saturated rings. The molecule has 1 rings (SSSR count). The van der Waals surface area contributed by atoms with Crippen LogP contribution < -0.4 is 0 Å². The molecular formula is C20H33NO. The van der Waals surface area contributed by atoms with Crippen molar-refractivity contribution in [2.24, 2.45) is 0 Å². The summed E-state index contributed by atoms with van der Waals surface area (Å²) in [4.78, 5) is 14.7. The Morgan fingerprint density at radius 1 is 0.773 bits per heavy atom. The number of carbonyl (C=O) groups excluding carboxylic acids is 1. The van der Waals surface area contributed by atoms with Crippen LogP contribution in [0.3, 0.4) is 0 Å². The van der Waals surface area contributed by atoms with Crippen LogP contribution in [0, 0.1) is 0 Å². The lowest BCUT2D eigenvalue weighted by molar-refractivity contribution is 0.0655. The molecule has 0 atom stereocenters. The maximum Gasteiger partial charge on any atom is 0.254 e. The van der Waals surface area contributed by atoms with Gasteiger partial charge in [-0.1, -0.05) is 47.6 Å². The number of rotatable bonds is 1. The number of amides is 1. The third-order valence-corrected chi connectivity index (χ3v) is 4.22. The van der Waals surface area contributed by atoms with Gasteiger partial charge in [0.05, 0.1) is 0 Å². The van der Waals surface area contributed by atoms with Crippen LogP contribution in [0.15, 0.2) is 18.2 Å². The van der Waals surface area contributed by atoms with Crippen LogP contribution in [0.5, 0.6) is 0 Å². The summed E-state index contributed by atoms with van der Waals surface area (Å²) in [5.74, 6) is 0.0871. The SMILES string of the molecule is CN(C(=O)c1cc(C(C)(C)C)cc(C(C)(C)C)c1)C(C)(C)C. The normalized spacial score (nSPS) is 13.2. The number of benzene rings is 1. The van der Waals surface area contributed by atoms with Crippen molar-refractivity contribution >= 4 is 5.91 Å². The number of nitrogens with zero attached hydrogens (tertiary/aromatic N) is 1. The molecule has 0 radical (unpaired) electrons. The van der Waals surface area contributed by atoms with Crippen molar-refractivity contribution < 1.29 is 4.79 Å². The Labute approximate surface area is 136 Å². The molecule has 0 aliphatic rings. The minimum atomic E-state index is -0.184. The van der Waals surface area contributed by atoms with E-state index < -0.39 is 0 Å². The molecule has 124 valence electrons. The van der Waals surface area contributed by atoms with Crippen LogP contribution in [-0.2, 0) is 10.8 Å². The molecule has 0 saturated heterocycles. The molecule has 0 saturated carbocycles. The van der Waals surface area contributed by atoms with Gasteiger partial charge in [-0.15, -0.1) is 0 Å². The molecule has 0 unspecified atom stereocenters. The second-order valence-electron chi connectivity index (χ2n) is 9.33. The van der Waals surface area contributed by atoms with Crippen LogP contribution in [0.2, 0.25) is 0 Å². The van der Waals surface area contributed by atoms with Gasteiger partial charge >= 0.3 is 0 Å². The lowest BCUT2D eigenvalue weighted by Gasteiger charge is -2.33. The maximum absolute atomic E-state index is 12.9. The Bertz CT molecular complexity index is 518. The Hall–Kier alpha value is -1.31. The van der Waals surface area contributed by atoms with E-state index in [1.54, 1.807) is 0 Å². The molecule has 1 aromatic carbocycles. The first-order valence-electron chi connectivity index (χ1n) is 8.08. The molecule has 0 N–H and O–H groups in total. The lowest BCUT2D eigenvalue weighted by Crippen LogP contribution is -2.42. The quantitative estimate of drug-likeness (QED) is 0.702. The molecule has 2 nitrogen and oxygen atoms in total. The van der Waals surface area contributed by atoms with Gasteiger partial charge in [0.1, 0.15) is 0 Å². The molecule has 0 aliphatic heterocycles. The molecule has 1 aromatic rings. The smallest absolute Gasteiger partial charge is 0.254 e. The van der Waals surface area contributed by atoms with Crippen molar-refractivity contribution in [3.63, 3.8) is 0 Å². The molecular weight excluding hydrogens is 270 g/mol. The van der Waals surface area contributed by atoms with Crippen molar-refractivity contribution in [3.8, 4) is 0 Å². The van der Waals surface area contributed by atoms with Crippen molar-refractivity contribution in [2.75, 3.05) is 7.05 Å². The van der Waals surface area contributed by atoms with Crippen molar-refractivity contribution in [1.82, 2.24) is 4.90 Å². The van der Waals surface area contributed by atoms with Gasteiger partial charge in [0.15, 0.2) is 0 Å². The zero-order valence-corrected chi connectivity index (χ0v) is 16.1. The summed E-state index contributed by atoms with van der Waals surface area (Å²) in [5.41, 5.74) is 3.08. The van der Waals surface area contributed by atoms with E-state index in [1.165, 1.54) is 11.1 Å². The Kier molecular flexibility index (Phi) is 4.87. The van der Waals surface area contributed by atoms with E-state index in [4.69, 9.17) is 0 Å². The van der Waals surface area contributed by atoms with E-state index in [1.807, 2.05) is 11.9 Å². The zero-order chi connectivity index (χ0) is 17.5.